The van der Waals surface area contributed by atoms with E-state index in [9.17, 15) is 14.9 Å². The number of nitro benzene ring substituents is 1. The molecule has 0 unspecified atom stereocenters. The second kappa shape index (κ2) is 8.19. The molecule has 2 aromatic heterocycles. The highest BCUT2D eigenvalue weighted by atomic mass is 32.1. The average Bonchev–Trinajstić information content (AvgIpc) is 3.47. The zero-order chi connectivity index (χ0) is 22.2. The lowest BCUT2D eigenvalue weighted by Gasteiger charge is -2.27. The Kier molecular flexibility index (Phi) is 5.58. The van der Waals surface area contributed by atoms with Crippen LogP contribution in [0.4, 0.5) is 5.69 Å². The number of benzene rings is 1. The molecule has 3 aromatic rings. The predicted octanol–water partition coefficient (Wildman–Crippen LogP) is 2.91. The number of methoxy groups -OCH3 is 2. The summed E-state index contributed by atoms with van der Waals surface area (Å²) < 4.78 is 18.0. The SMILES string of the molecule is CO[C@H]1C=C[C@@](CNC(=O)c2sc3nc(-c4cccc([N+](=O)[O-])c4)cn3c2C)(OC)O1. The van der Waals surface area contributed by atoms with E-state index in [0.717, 1.165) is 0 Å². The van der Waals surface area contributed by atoms with Gasteiger partial charge in [0.2, 0.25) is 5.79 Å². The molecule has 11 heteroatoms. The molecule has 0 fully saturated rings. The topological polar surface area (TPSA) is 117 Å². The summed E-state index contributed by atoms with van der Waals surface area (Å²) in [6, 6.07) is 6.28. The van der Waals surface area contributed by atoms with Gasteiger partial charge in [-0.1, -0.05) is 23.5 Å². The number of imidazole rings is 1. The first-order valence-corrected chi connectivity index (χ1v) is 10.1. The van der Waals surface area contributed by atoms with Crippen LogP contribution in [0.15, 0.2) is 42.6 Å². The van der Waals surface area contributed by atoms with Crippen molar-refractivity contribution in [3.8, 4) is 11.3 Å². The molecular weight excluding hydrogens is 424 g/mol. The van der Waals surface area contributed by atoms with E-state index >= 15 is 0 Å². The molecule has 0 spiro atoms. The molecule has 0 saturated heterocycles. The molecule has 0 aliphatic carbocycles. The standard InChI is InChI=1S/C20H20N4O6S/c1-12-17(18(25)21-11-20(29-3)8-7-16(28-2)30-20)31-19-22-15(10-23(12)19)13-5-4-6-14(9-13)24(26)27/h4-10,16H,11H2,1-3H3,(H,21,25)/t16-,20-/m1/s1. The maximum Gasteiger partial charge on any atom is 0.270 e. The lowest BCUT2D eigenvalue weighted by molar-refractivity contribution is -0.384. The first-order chi connectivity index (χ1) is 14.9. The maximum atomic E-state index is 12.8. The Morgan fingerprint density at radius 3 is 2.90 bits per heavy atom. The van der Waals surface area contributed by atoms with Gasteiger partial charge in [-0.3, -0.25) is 19.3 Å². The fourth-order valence-corrected chi connectivity index (χ4v) is 4.30. The third kappa shape index (κ3) is 3.95. The molecule has 3 heterocycles. The van der Waals surface area contributed by atoms with E-state index in [2.05, 4.69) is 10.3 Å². The number of fused-ring (bicyclic) bond motifs is 1. The molecule has 1 aromatic carbocycles. The minimum absolute atomic E-state index is 0.00314. The summed E-state index contributed by atoms with van der Waals surface area (Å²) in [5.74, 6) is -1.36. The number of hydrogen-bond donors (Lipinski definition) is 1. The Morgan fingerprint density at radius 1 is 1.45 bits per heavy atom. The zero-order valence-electron chi connectivity index (χ0n) is 17.0. The number of carbonyl (C=O) groups excluding carboxylic acids is 1. The highest BCUT2D eigenvalue weighted by Gasteiger charge is 2.36. The van der Waals surface area contributed by atoms with Crippen molar-refractivity contribution in [1.82, 2.24) is 14.7 Å². The summed E-state index contributed by atoms with van der Waals surface area (Å²) >= 11 is 1.23. The van der Waals surface area contributed by atoms with Gasteiger partial charge >= 0.3 is 0 Å². The number of nitrogens with one attached hydrogen (secondary N) is 1. The second-order valence-corrected chi connectivity index (χ2v) is 7.86. The number of thiazole rings is 1. The van der Waals surface area contributed by atoms with Crippen LogP contribution in [0.25, 0.3) is 16.2 Å². The van der Waals surface area contributed by atoms with Crippen molar-refractivity contribution in [1.29, 1.82) is 0 Å². The van der Waals surface area contributed by atoms with Crippen LogP contribution in [-0.2, 0) is 14.2 Å². The van der Waals surface area contributed by atoms with Gasteiger partial charge in [-0.15, -0.1) is 0 Å². The molecule has 1 amide bonds. The third-order valence-corrected chi connectivity index (χ3v) is 6.17. The van der Waals surface area contributed by atoms with Crippen molar-refractivity contribution in [2.75, 3.05) is 20.8 Å². The normalized spacial score (nSPS) is 20.4. The molecule has 2 atom stereocenters. The summed E-state index contributed by atoms with van der Waals surface area (Å²) in [6.45, 7) is 1.92. The van der Waals surface area contributed by atoms with E-state index in [-0.39, 0.29) is 18.1 Å². The number of non-ortho nitro benzene ring substituents is 1. The minimum atomic E-state index is -1.09. The van der Waals surface area contributed by atoms with Gasteiger partial charge in [-0.2, -0.15) is 0 Å². The van der Waals surface area contributed by atoms with Crippen LogP contribution in [0.2, 0.25) is 0 Å². The fraction of sp³-hybridized carbons (Fsp3) is 0.300. The summed E-state index contributed by atoms with van der Waals surface area (Å²) in [5, 5.41) is 13.9. The number of aryl methyl sites for hydroxylation is 1. The van der Waals surface area contributed by atoms with Crippen LogP contribution < -0.4 is 5.32 Å². The molecule has 10 nitrogen and oxygen atoms in total. The van der Waals surface area contributed by atoms with Crippen LogP contribution in [0, 0.1) is 17.0 Å². The van der Waals surface area contributed by atoms with E-state index in [1.807, 2.05) is 6.92 Å². The molecule has 0 bridgehead atoms. The Hall–Kier alpha value is -3.12. The van der Waals surface area contributed by atoms with Gasteiger partial charge in [-0.05, 0) is 19.1 Å². The van der Waals surface area contributed by atoms with Crippen molar-refractivity contribution in [2.45, 2.75) is 19.0 Å². The Bertz CT molecular complexity index is 1190. The van der Waals surface area contributed by atoms with Crippen LogP contribution >= 0.6 is 11.3 Å². The van der Waals surface area contributed by atoms with Gasteiger partial charge in [-0.25, -0.2) is 4.98 Å². The van der Waals surface area contributed by atoms with Crippen molar-refractivity contribution in [2.24, 2.45) is 0 Å². The second-order valence-electron chi connectivity index (χ2n) is 6.88. The Balaban J connectivity index is 1.53. The van der Waals surface area contributed by atoms with Gasteiger partial charge in [0.15, 0.2) is 11.3 Å². The molecule has 31 heavy (non-hydrogen) atoms. The van der Waals surface area contributed by atoms with E-state index < -0.39 is 17.0 Å². The highest BCUT2D eigenvalue weighted by Crippen LogP contribution is 2.29. The summed E-state index contributed by atoms with van der Waals surface area (Å²) in [4.78, 5) is 29.0. The average molecular weight is 444 g/mol. The molecule has 0 saturated carbocycles. The molecular formula is C20H20N4O6S. The van der Waals surface area contributed by atoms with E-state index in [4.69, 9.17) is 14.2 Å². The summed E-state index contributed by atoms with van der Waals surface area (Å²) in [5.41, 5.74) is 1.94. The number of carbonyl (C=O) groups is 1. The van der Waals surface area contributed by atoms with Crippen molar-refractivity contribution in [3.63, 3.8) is 0 Å². The van der Waals surface area contributed by atoms with Gasteiger partial charge in [0.1, 0.15) is 4.88 Å². The molecule has 162 valence electrons. The van der Waals surface area contributed by atoms with Gasteiger partial charge < -0.3 is 19.5 Å². The van der Waals surface area contributed by atoms with E-state index in [1.54, 1.807) is 34.9 Å². The third-order valence-electron chi connectivity index (χ3n) is 5.01. The molecule has 1 aliphatic rings. The largest absolute Gasteiger partial charge is 0.352 e. The minimum Gasteiger partial charge on any atom is -0.352 e. The Morgan fingerprint density at radius 2 is 2.26 bits per heavy atom. The van der Waals surface area contributed by atoms with Crippen molar-refractivity contribution < 1.29 is 23.9 Å². The lowest BCUT2D eigenvalue weighted by Crippen LogP contribution is -2.44. The molecule has 1 N–H and O–H groups in total. The van der Waals surface area contributed by atoms with Gasteiger partial charge in [0.25, 0.3) is 11.6 Å². The summed E-state index contributed by atoms with van der Waals surface area (Å²) in [7, 11) is 3.01. The van der Waals surface area contributed by atoms with Crippen molar-refractivity contribution >= 4 is 27.9 Å². The van der Waals surface area contributed by atoms with Gasteiger partial charge in [0, 0.05) is 43.8 Å². The van der Waals surface area contributed by atoms with Crippen LogP contribution in [0.3, 0.4) is 0 Å². The van der Waals surface area contributed by atoms with E-state index in [0.29, 0.717) is 26.8 Å². The van der Waals surface area contributed by atoms with Crippen LogP contribution in [0.5, 0.6) is 0 Å². The van der Waals surface area contributed by atoms with Gasteiger partial charge in [0.05, 0.1) is 17.2 Å². The number of ether oxygens (including phenoxy) is 3. The number of nitro groups is 1. The first kappa shape index (κ1) is 21.1. The number of nitrogens with zero attached hydrogens (tertiary/aromatic N) is 3. The molecule has 4 rings (SSSR count). The predicted molar refractivity (Wildman–Crippen MR) is 113 cm³/mol. The molecule has 0 radical (unpaired) electrons. The number of amides is 1. The number of aromatic nitrogens is 2. The smallest absolute Gasteiger partial charge is 0.270 e. The van der Waals surface area contributed by atoms with Crippen LogP contribution in [0.1, 0.15) is 15.4 Å². The zero-order valence-corrected chi connectivity index (χ0v) is 17.8. The van der Waals surface area contributed by atoms with Crippen molar-refractivity contribution in [3.05, 3.63) is 63.3 Å². The lowest BCUT2D eigenvalue weighted by atomic mass is 10.1. The maximum absolute atomic E-state index is 12.8. The number of rotatable bonds is 7. The van der Waals surface area contributed by atoms with Crippen LogP contribution in [-0.4, -0.2) is 53.1 Å². The quantitative estimate of drug-likeness (QED) is 0.338. The first-order valence-electron chi connectivity index (χ1n) is 9.32. The molecule has 1 aliphatic heterocycles. The highest BCUT2D eigenvalue weighted by molar-refractivity contribution is 7.19. The Labute approximate surface area is 181 Å². The van der Waals surface area contributed by atoms with E-state index in [1.165, 1.54) is 37.7 Å². The number of hydrogen-bond acceptors (Lipinski definition) is 8. The summed E-state index contributed by atoms with van der Waals surface area (Å²) in [6.07, 6.45) is 4.66. The fourth-order valence-electron chi connectivity index (χ4n) is 3.28. The monoisotopic (exact) mass is 444 g/mol.